The van der Waals surface area contributed by atoms with Crippen molar-refractivity contribution in [1.29, 1.82) is 0 Å². The summed E-state index contributed by atoms with van der Waals surface area (Å²) in [7, 11) is 0. The number of hydrogen-bond donors (Lipinski definition) is 2. The predicted molar refractivity (Wildman–Crippen MR) is 71.5 cm³/mol. The molecule has 0 spiro atoms. The summed E-state index contributed by atoms with van der Waals surface area (Å²) in [6.07, 6.45) is 3.25. The maximum absolute atomic E-state index is 10.9. The maximum atomic E-state index is 10.9. The molecule has 18 heavy (non-hydrogen) atoms. The molecule has 1 aliphatic carbocycles. The summed E-state index contributed by atoms with van der Waals surface area (Å²) >= 11 is 5.85. The number of carboxylic acids is 1. The first-order valence-electron chi connectivity index (χ1n) is 6.32. The van der Waals surface area contributed by atoms with Crippen molar-refractivity contribution in [1.82, 2.24) is 0 Å². The highest BCUT2D eigenvalue weighted by Crippen LogP contribution is 2.35. The van der Waals surface area contributed by atoms with Crippen LogP contribution >= 0.6 is 11.6 Å². The lowest BCUT2D eigenvalue weighted by Crippen LogP contribution is -2.28. The van der Waals surface area contributed by atoms with Crippen molar-refractivity contribution in [2.24, 2.45) is 17.6 Å². The number of halogens is 1. The molecule has 1 fully saturated rings. The fourth-order valence-corrected chi connectivity index (χ4v) is 2.81. The van der Waals surface area contributed by atoms with E-state index in [1.807, 2.05) is 24.3 Å². The molecule has 98 valence electrons. The smallest absolute Gasteiger partial charge is 0.306 e. The van der Waals surface area contributed by atoms with E-state index < -0.39 is 5.97 Å². The van der Waals surface area contributed by atoms with Crippen LogP contribution in [0.5, 0.6) is 0 Å². The Bertz CT molecular complexity index is 410. The second-order valence-corrected chi connectivity index (χ2v) is 5.46. The number of aliphatic carboxylic acids is 1. The van der Waals surface area contributed by atoms with Gasteiger partial charge >= 0.3 is 5.97 Å². The molecular formula is C14H18ClNO2. The third-order valence-corrected chi connectivity index (χ3v) is 4.14. The highest BCUT2D eigenvalue weighted by atomic mass is 35.5. The quantitative estimate of drug-likeness (QED) is 0.884. The summed E-state index contributed by atoms with van der Waals surface area (Å²) in [5.74, 6) is -0.478. The Morgan fingerprint density at radius 2 is 1.78 bits per heavy atom. The lowest BCUT2D eigenvalue weighted by molar-refractivity contribution is -0.143. The van der Waals surface area contributed by atoms with E-state index in [1.54, 1.807) is 0 Å². The molecule has 3 nitrogen and oxygen atoms in total. The van der Waals surface area contributed by atoms with Crippen LogP contribution in [-0.4, -0.2) is 11.1 Å². The molecule has 0 bridgehead atoms. The van der Waals surface area contributed by atoms with Gasteiger partial charge in [-0.2, -0.15) is 0 Å². The molecule has 1 aromatic carbocycles. The van der Waals surface area contributed by atoms with Crippen LogP contribution < -0.4 is 5.73 Å². The van der Waals surface area contributed by atoms with Gasteiger partial charge in [0.25, 0.3) is 0 Å². The lowest BCUT2D eigenvalue weighted by Gasteiger charge is -2.30. The van der Waals surface area contributed by atoms with Crippen LogP contribution in [0.4, 0.5) is 0 Å². The van der Waals surface area contributed by atoms with E-state index in [-0.39, 0.29) is 12.0 Å². The van der Waals surface area contributed by atoms with E-state index in [0.717, 1.165) is 31.2 Å². The van der Waals surface area contributed by atoms with Crippen LogP contribution in [0, 0.1) is 11.8 Å². The second-order valence-electron chi connectivity index (χ2n) is 5.03. The molecule has 0 saturated heterocycles. The normalized spacial score (nSPS) is 25.7. The predicted octanol–water partition coefficient (Wildman–Crippen LogP) is 3.23. The highest BCUT2D eigenvalue weighted by molar-refractivity contribution is 6.30. The summed E-state index contributed by atoms with van der Waals surface area (Å²) in [5, 5.41) is 9.67. The Labute approximate surface area is 112 Å². The minimum atomic E-state index is -0.673. The van der Waals surface area contributed by atoms with Gasteiger partial charge in [-0.3, -0.25) is 4.79 Å². The van der Waals surface area contributed by atoms with Crippen molar-refractivity contribution in [2.45, 2.75) is 31.7 Å². The summed E-state index contributed by atoms with van der Waals surface area (Å²) in [6, 6.07) is 7.59. The van der Waals surface area contributed by atoms with E-state index in [4.69, 9.17) is 22.4 Å². The van der Waals surface area contributed by atoms with Crippen LogP contribution in [0.2, 0.25) is 5.02 Å². The number of benzene rings is 1. The van der Waals surface area contributed by atoms with Gasteiger partial charge in [-0.15, -0.1) is 0 Å². The van der Waals surface area contributed by atoms with Gasteiger partial charge in [0.05, 0.1) is 5.92 Å². The minimum Gasteiger partial charge on any atom is -0.481 e. The Morgan fingerprint density at radius 3 is 2.28 bits per heavy atom. The third kappa shape index (κ3) is 3.03. The van der Waals surface area contributed by atoms with Gasteiger partial charge in [-0.1, -0.05) is 23.7 Å². The molecule has 1 aromatic rings. The van der Waals surface area contributed by atoms with E-state index >= 15 is 0 Å². The summed E-state index contributed by atoms with van der Waals surface area (Å²) < 4.78 is 0. The zero-order valence-corrected chi connectivity index (χ0v) is 10.9. The molecule has 0 radical (unpaired) electrons. The zero-order valence-electron chi connectivity index (χ0n) is 10.2. The Hall–Kier alpha value is -1.06. The van der Waals surface area contributed by atoms with Crippen LogP contribution in [-0.2, 0) is 4.79 Å². The van der Waals surface area contributed by atoms with Gasteiger partial charge in [0.15, 0.2) is 0 Å². The summed E-state index contributed by atoms with van der Waals surface area (Å²) in [6.45, 7) is 0. The minimum absolute atomic E-state index is 0.0167. The van der Waals surface area contributed by atoms with E-state index in [9.17, 15) is 4.79 Å². The molecule has 0 heterocycles. The molecule has 0 aromatic heterocycles. The van der Waals surface area contributed by atoms with Crippen molar-refractivity contribution < 1.29 is 9.90 Å². The van der Waals surface area contributed by atoms with Crippen LogP contribution in [0.15, 0.2) is 24.3 Å². The standard InChI is InChI=1S/C14H18ClNO2/c15-12-7-5-10(6-8-12)13(16)9-1-3-11(4-2-9)14(17)18/h5-9,11,13H,1-4,16H2,(H,17,18). The molecule has 1 saturated carbocycles. The number of carboxylic acid groups (broad SMARTS) is 1. The van der Waals surface area contributed by atoms with E-state index in [0.29, 0.717) is 10.9 Å². The molecule has 1 unspecified atom stereocenters. The number of rotatable bonds is 3. The number of hydrogen-bond acceptors (Lipinski definition) is 2. The average Bonchev–Trinajstić information content (AvgIpc) is 2.39. The van der Waals surface area contributed by atoms with Gasteiger partial charge < -0.3 is 10.8 Å². The van der Waals surface area contributed by atoms with Gasteiger partial charge in [0.1, 0.15) is 0 Å². The molecular weight excluding hydrogens is 250 g/mol. The van der Waals surface area contributed by atoms with Gasteiger partial charge in [-0.25, -0.2) is 0 Å². The van der Waals surface area contributed by atoms with Crippen molar-refractivity contribution in [3.8, 4) is 0 Å². The van der Waals surface area contributed by atoms with Gasteiger partial charge in [0, 0.05) is 11.1 Å². The largest absolute Gasteiger partial charge is 0.481 e. The summed E-state index contributed by atoms with van der Waals surface area (Å²) in [5.41, 5.74) is 7.33. The molecule has 0 aliphatic heterocycles. The fourth-order valence-electron chi connectivity index (χ4n) is 2.68. The Balaban J connectivity index is 1.97. The fraction of sp³-hybridized carbons (Fsp3) is 0.500. The van der Waals surface area contributed by atoms with Gasteiger partial charge in [0.2, 0.25) is 0 Å². The third-order valence-electron chi connectivity index (χ3n) is 3.88. The number of carbonyl (C=O) groups is 1. The molecule has 1 aliphatic rings. The van der Waals surface area contributed by atoms with Crippen molar-refractivity contribution >= 4 is 17.6 Å². The first-order valence-corrected chi connectivity index (χ1v) is 6.69. The average molecular weight is 268 g/mol. The molecule has 3 N–H and O–H groups in total. The van der Waals surface area contributed by atoms with Crippen LogP contribution in [0.3, 0.4) is 0 Å². The van der Waals surface area contributed by atoms with Crippen molar-refractivity contribution in [3.63, 3.8) is 0 Å². The SMILES string of the molecule is NC(c1ccc(Cl)cc1)C1CCC(C(=O)O)CC1. The first kappa shape index (κ1) is 13.4. The zero-order chi connectivity index (χ0) is 13.1. The van der Waals surface area contributed by atoms with Gasteiger partial charge in [-0.05, 0) is 49.3 Å². The topological polar surface area (TPSA) is 63.3 Å². The molecule has 1 atom stereocenters. The van der Waals surface area contributed by atoms with Crippen LogP contribution in [0.1, 0.15) is 37.3 Å². The van der Waals surface area contributed by atoms with Crippen molar-refractivity contribution in [3.05, 3.63) is 34.9 Å². The van der Waals surface area contributed by atoms with E-state index in [1.165, 1.54) is 0 Å². The summed E-state index contributed by atoms with van der Waals surface area (Å²) in [4.78, 5) is 10.9. The molecule has 2 rings (SSSR count). The van der Waals surface area contributed by atoms with Crippen LogP contribution in [0.25, 0.3) is 0 Å². The Morgan fingerprint density at radius 1 is 1.22 bits per heavy atom. The molecule has 4 heteroatoms. The first-order chi connectivity index (χ1) is 8.58. The molecule has 0 amide bonds. The maximum Gasteiger partial charge on any atom is 0.306 e. The second kappa shape index (κ2) is 5.72. The highest BCUT2D eigenvalue weighted by Gasteiger charge is 2.29. The van der Waals surface area contributed by atoms with Crippen molar-refractivity contribution in [2.75, 3.05) is 0 Å². The van der Waals surface area contributed by atoms with E-state index in [2.05, 4.69) is 0 Å². The monoisotopic (exact) mass is 267 g/mol. The number of nitrogens with two attached hydrogens (primary N) is 1. The lowest BCUT2D eigenvalue weighted by atomic mass is 9.77. The Kier molecular flexibility index (Phi) is 4.25.